The summed E-state index contributed by atoms with van der Waals surface area (Å²) in [5.74, 6) is 0. The maximum atomic E-state index is 2.37. The van der Waals surface area contributed by atoms with E-state index in [0.29, 0.717) is 0 Å². The maximum absolute atomic E-state index is 2.37. The average Bonchev–Trinajstić information content (AvgIpc) is 2.85. The zero-order valence-corrected chi connectivity index (χ0v) is 27.1. The zero-order valence-electron chi connectivity index (χ0n) is 27.1. The molecule has 40 heavy (non-hydrogen) atoms. The van der Waals surface area contributed by atoms with E-state index in [0.717, 1.165) is 6.42 Å². The Morgan fingerprint density at radius 2 is 1.10 bits per heavy atom. The second kappa shape index (κ2) is 15.6. The first kappa shape index (κ1) is 33.1. The number of rotatable bonds is 10. The summed E-state index contributed by atoms with van der Waals surface area (Å²) in [6.45, 7) is 22.5. The number of hydrogen-bond acceptors (Lipinski definition) is 0. The molecule has 0 spiro atoms. The van der Waals surface area contributed by atoms with Gasteiger partial charge in [-0.3, -0.25) is 0 Å². The van der Waals surface area contributed by atoms with Crippen LogP contribution in [0.15, 0.2) is 142 Å². The Morgan fingerprint density at radius 3 is 1.60 bits per heavy atom. The van der Waals surface area contributed by atoms with Gasteiger partial charge in [0.1, 0.15) is 0 Å². The second-order valence-corrected chi connectivity index (χ2v) is 12.9. The minimum absolute atomic E-state index is 0.111. The Labute approximate surface area is 247 Å². The summed E-state index contributed by atoms with van der Waals surface area (Å²) in [6.07, 6.45) is 40.1. The highest BCUT2D eigenvalue weighted by molar-refractivity contribution is 5.41. The van der Waals surface area contributed by atoms with Crippen molar-refractivity contribution >= 4 is 0 Å². The van der Waals surface area contributed by atoms with E-state index in [1.165, 1.54) is 58.3 Å². The van der Waals surface area contributed by atoms with Crippen molar-refractivity contribution < 1.29 is 0 Å². The molecule has 0 saturated heterocycles. The zero-order chi connectivity index (χ0) is 29.8. The van der Waals surface area contributed by atoms with Crippen LogP contribution < -0.4 is 0 Å². The summed E-state index contributed by atoms with van der Waals surface area (Å²) in [5, 5.41) is 0. The highest BCUT2D eigenvalue weighted by Crippen LogP contribution is 2.41. The summed E-state index contributed by atoms with van der Waals surface area (Å²) < 4.78 is 0. The van der Waals surface area contributed by atoms with Crippen LogP contribution in [0.3, 0.4) is 0 Å². The standard InChI is InChI=1S/C40H54/c1-31(19-13-21-33(3)25-27-37-35(5)23-15-29-39(37,7)8)17-11-12-18-32(2)20-14-22-34(4)26-28-38-36(6)24-16-30-40(38,9)10/h11-15,17-22,25-29H,16,23-24,30H2,1-10H3/b12-11+,19-13+,20-14+,27-25-,28-26+,31-17+,32-18+,33-21+,34-22+. The first-order valence-electron chi connectivity index (χ1n) is 15.0. The van der Waals surface area contributed by atoms with Crippen molar-refractivity contribution in [2.24, 2.45) is 10.8 Å². The molecule has 0 bridgehead atoms. The van der Waals surface area contributed by atoms with Crippen LogP contribution in [0, 0.1) is 10.8 Å². The normalized spacial score (nSPS) is 21.6. The highest BCUT2D eigenvalue weighted by atomic mass is 14.3. The Balaban J connectivity index is 1.89. The Morgan fingerprint density at radius 1 is 0.625 bits per heavy atom. The Hall–Kier alpha value is -3.12. The van der Waals surface area contributed by atoms with Crippen LogP contribution in [0.4, 0.5) is 0 Å². The average molecular weight is 535 g/mol. The lowest BCUT2D eigenvalue weighted by Crippen LogP contribution is -2.19. The van der Waals surface area contributed by atoms with E-state index >= 15 is 0 Å². The predicted molar refractivity (Wildman–Crippen MR) is 181 cm³/mol. The molecule has 2 aliphatic carbocycles. The molecule has 0 aromatic rings. The van der Waals surface area contributed by atoms with E-state index in [2.05, 4.69) is 166 Å². The largest absolute Gasteiger partial charge is 0.0836 e. The SMILES string of the molecule is CC1=C(\C=C/C(C)=C/C=C/C(C)=C/C=C/C=C(C)/C=C/C=C(C)/C=C/C2=C(C)CCCC2(C)C)C(C)(C)C=CC1. The summed E-state index contributed by atoms with van der Waals surface area (Å²) in [7, 11) is 0. The molecule has 0 N–H and O–H groups in total. The van der Waals surface area contributed by atoms with E-state index in [-0.39, 0.29) is 10.8 Å². The molecule has 0 aromatic carbocycles. The second-order valence-electron chi connectivity index (χ2n) is 12.9. The van der Waals surface area contributed by atoms with E-state index in [9.17, 15) is 0 Å². The van der Waals surface area contributed by atoms with Crippen LogP contribution in [0.1, 0.15) is 94.9 Å². The summed E-state index contributed by atoms with van der Waals surface area (Å²) >= 11 is 0. The minimum Gasteiger partial charge on any atom is -0.0836 e. The fourth-order valence-corrected chi connectivity index (χ4v) is 5.42. The molecule has 0 unspecified atom stereocenters. The maximum Gasteiger partial charge on any atom is 0.00749 e. The molecular formula is C40H54. The van der Waals surface area contributed by atoms with Gasteiger partial charge in [0.15, 0.2) is 0 Å². The predicted octanol–water partition coefficient (Wildman–Crippen LogP) is 12.4. The lowest BCUT2D eigenvalue weighted by Gasteiger charge is -2.32. The highest BCUT2D eigenvalue weighted by Gasteiger charge is 2.26. The minimum atomic E-state index is 0.111. The number of allylic oxidation sites excluding steroid dienone is 24. The van der Waals surface area contributed by atoms with E-state index in [1.54, 1.807) is 5.57 Å². The van der Waals surface area contributed by atoms with Gasteiger partial charge < -0.3 is 0 Å². The third-order valence-electron chi connectivity index (χ3n) is 7.95. The van der Waals surface area contributed by atoms with Gasteiger partial charge in [-0.25, -0.2) is 0 Å². The van der Waals surface area contributed by atoms with Crippen LogP contribution in [-0.4, -0.2) is 0 Å². The molecule has 0 aromatic heterocycles. The Bertz CT molecular complexity index is 1190. The molecule has 214 valence electrons. The monoisotopic (exact) mass is 534 g/mol. The van der Waals surface area contributed by atoms with Crippen molar-refractivity contribution in [1.82, 2.24) is 0 Å². The molecule has 0 aliphatic heterocycles. The van der Waals surface area contributed by atoms with Crippen LogP contribution in [0.5, 0.6) is 0 Å². The van der Waals surface area contributed by atoms with Crippen molar-refractivity contribution in [2.45, 2.75) is 94.9 Å². The molecule has 0 nitrogen and oxygen atoms in total. The lowest BCUT2D eigenvalue weighted by molar-refractivity contribution is 0.377. The molecule has 0 amide bonds. The first-order valence-corrected chi connectivity index (χ1v) is 15.0. The quantitative estimate of drug-likeness (QED) is 0.193. The van der Waals surface area contributed by atoms with Crippen molar-refractivity contribution in [3.05, 3.63) is 142 Å². The summed E-state index contributed by atoms with van der Waals surface area (Å²) in [6, 6.07) is 0. The van der Waals surface area contributed by atoms with Crippen molar-refractivity contribution in [2.75, 3.05) is 0 Å². The molecule has 0 heteroatoms. The first-order chi connectivity index (χ1) is 18.8. The lowest BCUT2D eigenvalue weighted by atomic mass is 9.72. The molecule has 2 rings (SSSR count). The van der Waals surface area contributed by atoms with E-state index in [1.807, 2.05) is 0 Å². The smallest absolute Gasteiger partial charge is 0.00749 e. The van der Waals surface area contributed by atoms with Gasteiger partial charge >= 0.3 is 0 Å². The van der Waals surface area contributed by atoms with Gasteiger partial charge in [0.2, 0.25) is 0 Å². The summed E-state index contributed by atoms with van der Waals surface area (Å²) in [5.41, 5.74) is 11.3. The van der Waals surface area contributed by atoms with Crippen LogP contribution in [0.25, 0.3) is 0 Å². The fraction of sp³-hybridized carbons (Fsp3) is 0.400. The summed E-state index contributed by atoms with van der Waals surface area (Å²) in [4.78, 5) is 0. The van der Waals surface area contributed by atoms with Crippen molar-refractivity contribution in [3.8, 4) is 0 Å². The molecule has 0 radical (unpaired) electrons. The molecular weight excluding hydrogens is 480 g/mol. The molecule has 0 atom stereocenters. The topological polar surface area (TPSA) is 0 Å². The van der Waals surface area contributed by atoms with Gasteiger partial charge in [0, 0.05) is 5.41 Å². The molecule has 0 heterocycles. The Kier molecular flexibility index (Phi) is 12.9. The van der Waals surface area contributed by atoms with Crippen LogP contribution in [0.2, 0.25) is 0 Å². The van der Waals surface area contributed by atoms with Gasteiger partial charge in [-0.1, -0.05) is 158 Å². The third kappa shape index (κ3) is 11.2. The van der Waals surface area contributed by atoms with Gasteiger partial charge in [-0.05, 0) is 83.8 Å². The third-order valence-corrected chi connectivity index (χ3v) is 7.95. The van der Waals surface area contributed by atoms with Gasteiger partial charge in [0.25, 0.3) is 0 Å². The molecule has 0 saturated carbocycles. The van der Waals surface area contributed by atoms with E-state index < -0.39 is 0 Å². The van der Waals surface area contributed by atoms with Crippen molar-refractivity contribution in [3.63, 3.8) is 0 Å². The van der Waals surface area contributed by atoms with Crippen molar-refractivity contribution in [1.29, 1.82) is 0 Å². The van der Waals surface area contributed by atoms with Gasteiger partial charge in [-0.2, -0.15) is 0 Å². The van der Waals surface area contributed by atoms with Crippen LogP contribution >= 0.6 is 0 Å². The number of hydrogen-bond donors (Lipinski definition) is 0. The molecule has 0 fully saturated rings. The van der Waals surface area contributed by atoms with E-state index in [4.69, 9.17) is 0 Å². The fourth-order valence-electron chi connectivity index (χ4n) is 5.42. The van der Waals surface area contributed by atoms with Gasteiger partial charge in [0.05, 0.1) is 0 Å². The molecule has 2 aliphatic rings. The van der Waals surface area contributed by atoms with Gasteiger partial charge in [-0.15, -0.1) is 0 Å². The van der Waals surface area contributed by atoms with Crippen LogP contribution in [-0.2, 0) is 0 Å².